The van der Waals surface area contributed by atoms with E-state index in [1.807, 2.05) is 45.0 Å². The molecule has 3 aliphatic rings. The molecule has 0 aromatic heterocycles. The van der Waals surface area contributed by atoms with Crippen LogP contribution in [0.5, 0.6) is 0 Å². The molecule has 0 bridgehead atoms. The van der Waals surface area contributed by atoms with Crippen LogP contribution in [-0.4, -0.2) is 64.1 Å². The molecule has 34 heavy (non-hydrogen) atoms. The number of benzene rings is 2. The van der Waals surface area contributed by atoms with Gasteiger partial charge < -0.3 is 14.7 Å². The van der Waals surface area contributed by atoms with Gasteiger partial charge in [-0.15, -0.1) is 0 Å². The van der Waals surface area contributed by atoms with E-state index in [4.69, 9.17) is 0 Å². The Labute approximate surface area is 201 Å². The summed E-state index contributed by atoms with van der Waals surface area (Å²) < 4.78 is 0. The standard InChI is InChI=1S/C28H33N3O3/c1-21(32)29-17-13-28(14-18-29,31-20-24-9-5-6-10-25(24)27(31)34)19-26(33)30-15-11-23(12-16-30)22-7-3-2-4-8-22/h2-10,23H,11-20H2,1H3. The largest absolute Gasteiger partial charge is 0.343 e. The first-order valence-electron chi connectivity index (χ1n) is 12.4. The van der Waals surface area contributed by atoms with Gasteiger partial charge in [0.2, 0.25) is 11.8 Å². The summed E-state index contributed by atoms with van der Waals surface area (Å²) in [5.41, 5.74) is 2.57. The van der Waals surface area contributed by atoms with E-state index in [-0.39, 0.29) is 17.7 Å². The summed E-state index contributed by atoms with van der Waals surface area (Å²) in [6.45, 7) is 4.80. The first-order valence-corrected chi connectivity index (χ1v) is 12.4. The van der Waals surface area contributed by atoms with Crippen LogP contribution in [0.3, 0.4) is 0 Å². The zero-order chi connectivity index (χ0) is 23.7. The van der Waals surface area contributed by atoms with Gasteiger partial charge >= 0.3 is 0 Å². The SMILES string of the molecule is CC(=O)N1CCC(CC(=O)N2CCC(c3ccccc3)CC2)(N2Cc3ccccc3C2=O)CC1. The average molecular weight is 460 g/mol. The second-order valence-corrected chi connectivity index (χ2v) is 10.0. The minimum Gasteiger partial charge on any atom is -0.343 e. The summed E-state index contributed by atoms with van der Waals surface area (Å²) in [5.74, 6) is 0.695. The lowest BCUT2D eigenvalue weighted by molar-refractivity contribution is -0.137. The van der Waals surface area contributed by atoms with Gasteiger partial charge in [0, 0.05) is 45.2 Å². The highest BCUT2D eigenvalue weighted by Gasteiger charge is 2.47. The van der Waals surface area contributed by atoms with Crippen LogP contribution in [0, 0.1) is 0 Å². The third-order valence-electron chi connectivity index (χ3n) is 8.13. The molecule has 0 radical (unpaired) electrons. The molecule has 2 aromatic carbocycles. The van der Waals surface area contributed by atoms with Crippen molar-refractivity contribution in [1.29, 1.82) is 0 Å². The van der Waals surface area contributed by atoms with E-state index >= 15 is 0 Å². The van der Waals surface area contributed by atoms with Gasteiger partial charge in [0.05, 0.1) is 12.0 Å². The molecule has 0 unspecified atom stereocenters. The molecule has 178 valence electrons. The quantitative estimate of drug-likeness (QED) is 0.698. The number of carbonyl (C=O) groups is 3. The second-order valence-electron chi connectivity index (χ2n) is 10.0. The number of rotatable bonds is 4. The van der Waals surface area contributed by atoms with Gasteiger partial charge in [-0.25, -0.2) is 0 Å². The number of piperidine rings is 2. The summed E-state index contributed by atoms with van der Waals surface area (Å²) in [4.78, 5) is 44.7. The Bertz CT molecular complexity index is 1070. The van der Waals surface area contributed by atoms with Crippen LogP contribution >= 0.6 is 0 Å². The highest BCUT2D eigenvalue weighted by molar-refractivity contribution is 5.99. The maximum Gasteiger partial charge on any atom is 0.254 e. The Kier molecular flexibility index (Phi) is 6.15. The van der Waals surface area contributed by atoms with Crippen molar-refractivity contribution in [1.82, 2.24) is 14.7 Å². The number of nitrogens with zero attached hydrogens (tertiary/aromatic N) is 3. The third kappa shape index (κ3) is 4.22. The predicted molar refractivity (Wildman–Crippen MR) is 130 cm³/mol. The molecule has 6 nitrogen and oxygen atoms in total. The van der Waals surface area contributed by atoms with Gasteiger partial charge in [0.1, 0.15) is 0 Å². The van der Waals surface area contributed by atoms with Gasteiger partial charge in [-0.3, -0.25) is 14.4 Å². The molecule has 0 N–H and O–H groups in total. The molecule has 0 saturated carbocycles. The van der Waals surface area contributed by atoms with Crippen molar-refractivity contribution in [3.05, 3.63) is 71.3 Å². The molecule has 0 aliphatic carbocycles. The normalized spacial score (nSPS) is 20.4. The molecule has 2 saturated heterocycles. The van der Waals surface area contributed by atoms with E-state index in [1.54, 1.807) is 6.92 Å². The van der Waals surface area contributed by atoms with Gasteiger partial charge in [-0.2, -0.15) is 0 Å². The molecule has 0 atom stereocenters. The molecular formula is C28H33N3O3. The van der Waals surface area contributed by atoms with Crippen LogP contribution < -0.4 is 0 Å². The predicted octanol–water partition coefficient (Wildman–Crippen LogP) is 3.82. The Balaban J connectivity index is 1.31. The Hall–Kier alpha value is -3.15. The molecular weight excluding hydrogens is 426 g/mol. The molecule has 0 spiro atoms. The Morgan fingerprint density at radius 3 is 2.18 bits per heavy atom. The zero-order valence-corrected chi connectivity index (χ0v) is 19.9. The summed E-state index contributed by atoms with van der Waals surface area (Å²) in [6, 6.07) is 18.3. The number of fused-ring (bicyclic) bond motifs is 1. The number of carbonyl (C=O) groups excluding carboxylic acids is 3. The molecule has 3 amide bonds. The Morgan fingerprint density at radius 2 is 1.53 bits per heavy atom. The van der Waals surface area contributed by atoms with Crippen molar-refractivity contribution in [2.75, 3.05) is 26.2 Å². The van der Waals surface area contributed by atoms with E-state index < -0.39 is 5.54 Å². The van der Waals surface area contributed by atoms with Gasteiger partial charge in [-0.05, 0) is 48.8 Å². The summed E-state index contributed by atoms with van der Waals surface area (Å²) in [7, 11) is 0. The summed E-state index contributed by atoms with van der Waals surface area (Å²) in [5, 5.41) is 0. The first kappa shape index (κ1) is 22.6. The van der Waals surface area contributed by atoms with E-state index in [9.17, 15) is 14.4 Å². The molecule has 6 heteroatoms. The number of amides is 3. The van der Waals surface area contributed by atoms with Crippen molar-refractivity contribution >= 4 is 17.7 Å². The van der Waals surface area contributed by atoms with E-state index in [0.29, 0.717) is 44.8 Å². The Morgan fingerprint density at radius 1 is 0.882 bits per heavy atom. The van der Waals surface area contributed by atoms with Crippen LogP contribution in [0.4, 0.5) is 0 Å². The topological polar surface area (TPSA) is 60.9 Å². The average Bonchev–Trinajstić information content (AvgIpc) is 3.22. The van der Waals surface area contributed by atoms with Crippen LogP contribution in [0.2, 0.25) is 0 Å². The fraction of sp³-hybridized carbons (Fsp3) is 0.464. The van der Waals surface area contributed by atoms with E-state index in [2.05, 4.69) is 24.3 Å². The summed E-state index contributed by atoms with van der Waals surface area (Å²) >= 11 is 0. The maximum atomic E-state index is 13.6. The molecule has 5 rings (SSSR count). The van der Waals surface area contributed by atoms with Crippen LogP contribution in [0.1, 0.15) is 66.4 Å². The molecule has 3 heterocycles. The van der Waals surface area contributed by atoms with Crippen molar-refractivity contribution in [3.63, 3.8) is 0 Å². The molecule has 3 aliphatic heterocycles. The van der Waals surface area contributed by atoms with Gasteiger partial charge in [0.25, 0.3) is 5.91 Å². The first-order chi connectivity index (χ1) is 16.5. The molecule has 2 aromatic rings. The zero-order valence-electron chi connectivity index (χ0n) is 19.9. The minimum atomic E-state index is -0.546. The highest BCUT2D eigenvalue weighted by atomic mass is 16.2. The maximum absolute atomic E-state index is 13.6. The number of likely N-dealkylation sites (tertiary alicyclic amines) is 2. The fourth-order valence-electron chi connectivity index (χ4n) is 6.00. The van der Waals surface area contributed by atoms with Crippen molar-refractivity contribution in [2.24, 2.45) is 0 Å². The van der Waals surface area contributed by atoms with Crippen LogP contribution in [0.15, 0.2) is 54.6 Å². The van der Waals surface area contributed by atoms with E-state index in [0.717, 1.165) is 37.1 Å². The monoisotopic (exact) mass is 459 g/mol. The third-order valence-corrected chi connectivity index (χ3v) is 8.13. The van der Waals surface area contributed by atoms with Gasteiger partial charge in [-0.1, -0.05) is 48.5 Å². The lowest BCUT2D eigenvalue weighted by Crippen LogP contribution is -2.58. The minimum absolute atomic E-state index is 0.0162. The second kappa shape index (κ2) is 9.24. The fourth-order valence-corrected chi connectivity index (χ4v) is 6.00. The number of hydrogen-bond acceptors (Lipinski definition) is 3. The highest BCUT2D eigenvalue weighted by Crippen LogP contribution is 2.39. The van der Waals surface area contributed by atoms with Crippen molar-refractivity contribution in [2.45, 2.75) is 57.0 Å². The van der Waals surface area contributed by atoms with Crippen molar-refractivity contribution < 1.29 is 14.4 Å². The smallest absolute Gasteiger partial charge is 0.254 e. The van der Waals surface area contributed by atoms with Gasteiger partial charge in [0.15, 0.2) is 0 Å². The molecule has 2 fully saturated rings. The van der Waals surface area contributed by atoms with Crippen molar-refractivity contribution in [3.8, 4) is 0 Å². The summed E-state index contributed by atoms with van der Waals surface area (Å²) in [6.07, 6.45) is 3.54. The van der Waals surface area contributed by atoms with E-state index in [1.165, 1.54) is 5.56 Å². The number of hydrogen-bond donors (Lipinski definition) is 0. The lowest BCUT2D eigenvalue weighted by atomic mass is 9.81. The lowest BCUT2D eigenvalue weighted by Gasteiger charge is -2.48. The van der Waals surface area contributed by atoms with Crippen LogP contribution in [0.25, 0.3) is 0 Å². The van der Waals surface area contributed by atoms with Crippen LogP contribution in [-0.2, 0) is 16.1 Å².